The number of para-hydroxylation sites is 1. The van der Waals surface area contributed by atoms with E-state index in [4.69, 9.17) is 23.2 Å². The average Bonchev–Trinajstić information content (AvgIpc) is 3.36. The highest BCUT2D eigenvalue weighted by molar-refractivity contribution is 6.42. The molecular formula is C30H32Cl2N4O. The molecule has 5 rings (SSSR count). The molecule has 1 saturated heterocycles. The Morgan fingerprint density at radius 1 is 0.973 bits per heavy atom. The van der Waals surface area contributed by atoms with E-state index in [9.17, 15) is 4.79 Å². The average molecular weight is 536 g/mol. The number of likely N-dealkylation sites (tertiary alicyclic amines) is 1. The van der Waals surface area contributed by atoms with Gasteiger partial charge in [0.05, 0.1) is 10.0 Å². The second-order valence-electron chi connectivity index (χ2n) is 9.77. The highest BCUT2D eigenvalue weighted by Crippen LogP contribution is 2.33. The van der Waals surface area contributed by atoms with Crippen LogP contribution in [0.15, 0.2) is 79.0 Å². The Morgan fingerprint density at radius 2 is 1.73 bits per heavy atom. The minimum Gasteiger partial charge on any atom is -0.361 e. The monoisotopic (exact) mass is 534 g/mol. The number of piperidine rings is 1. The van der Waals surface area contributed by atoms with Gasteiger partial charge in [-0.2, -0.15) is 0 Å². The second-order valence-corrected chi connectivity index (χ2v) is 10.6. The minimum absolute atomic E-state index is 0.229. The van der Waals surface area contributed by atoms with Crippen LogP contribution in [0, 0.1) is 0 Å². The molecule has 4 aromatic rings. The van der Waals surface area contributed by atoms with Gasteiger partial charge in [-0.15, -0.1) is 0 Å². The van der Waals surface area contributed by atoms with Crippen LogP contribution >= 0.6 is 23.2 Å². The van der Waals surface area contributed by atoms with Gasteiger partial charge in [0.15, 0.2) is 0 Å². The molecule has 5 nitrogen and oxygen atoms in total. The van der Waals surface area contributed by atoms with Gasteiger partial charge in [0.1, 0.15) is 0 Å². The number of nitrogens with zero attached hydrogens (tertiary/aromatic N) is 1. The van der Waals surface area contributed by atoms with Crippen molar-refractivity contribution in [2.45, 2.75) is 31.1 Å². The third-order valence-electron chi connectivity index (χ3n) is 7.40. The standard InChI is InChI=1S/C30H32Cl2N4O/c31-27-11-10-24(18-28(27)32)35-30(37)34-19-23(21-6-2-1-3-7-21)14-17-36-15-12-22(13-16-36)26-20-33-29-9-5-4-8-25(26)29/h1-11,18,20,22-23,33H,12-17,19H2,(H2,34,35,37). The number of halogens is 2. The summed E-state index contributed by atoms with van der Waals surface area (Å²) in [4.78, 5) is 18.6. The number of rotatable bonds is 8. The smallest absolute Gasteiger partial charge is 0.319 e. The third kappa shape index (κ3) is 6.48. The van der Waals surface area contributed by atoms with Crippen LogP contribution in [0.5, 0.6) is 0 Å². The zero-order valence-corrected chi connectivity index (χ0v) is 22.2. The summed E-state index contributed by atoms with van der Waals surface area (Å²) >= 11 is 12.1. The van der Waals surface area contributed by atoms with Gasteiger partial charge in [-0.25, -0.2) is 4.79 Å². The SMILES string of the molecule is O=C(NCC(CCN1CCC(c2c[nH]c3ccccc23)CC1)c1ccccc1)Nc1ccc(Cl)c(Cl)c1. The number of carbonyl (C=O) groups is 1. The van der Waals surface area contributed by atoms with E-state index in [1.165, 1.54) is 34.9 Å². The molecule has 3 N–H and O–H groups in total. The summed E-state index contributed by atoms with van der Waals surface area (Å²) in [5.74, 6) is 0.830. The van der Waals surface area contributed by atoms with Crippen molar-refractivity contribution in [2.75, 3.05) is 31.5 Å². The van der Waals surface area contributed by atoms with Gasteiger partial charge in [0, 0.05) is 35.2 Å². The Labute approximate surface area is 228 Å². The van der Waals surface area contributed by atoms with Crippen LogP contribution in [0.2, 0.25) is 10.0 Å². The van der Waals surface area contributed by atoms with Gasteiger partial charge in [0.2, 0.25) is 0 Å². The minimum atomic E-state index is -0.251. The van der Waals surface area contributed by atoms with Gasteiger partial charge in [-0.05, 0) is 80.2 Å². The van der Waals surface area contributed by atoms with Gasteiger partial charge >= 0.3 is 6.03 Å². The highest BCUT2D eigenvalue weighted by atomic mass is 35.5. The summed E-state index contributed by atoms with van der Waals surface area (Å²) in [5.41, 5.74) is 4.53. The fourth-order valence-electron chi connectivity index (χ4n) is 5.31. The van der Waals surface area contributed by atoms with E-state index in [-0.39, 0.29) is 11.9 Å². The van der Waals surface area contributed by atoms with Gasteiger partial charge in [0.25, 0.3) is 0 Å². The normalized spacial score (nSPS) is 15.5. The summed E-state index contributed by atoms with van der Waals surface area (Å²) in [6.45, 7) is 3.76. The molecule has 1 unspecified atom stereocenters. The first kappa shape index (κ1) is 25.7. The lowest BCUT2D eigenvalue weighted by atomic mass is 9.88. The van der Waals surface area contributed by atoms with Gasteiger partial charge in [-0.3, -0.25) is 0 Å². The maximum Gasteiger partial charge on any atom is 0.319 e. The third-order valence-corrected chi connectivity index (χ3v) is 8.14. The Hall–Kier alpha value is -2.99. The first-order valence-corrected chi connectivity index (χ1v) is 13.7. The fraction of sp³-hybridized carbons (Fsp3) is 0.300. The van der Waals surface area contributed by atoms with Crippen LogP contribution in [0.3, 0.4) is 0 Å². The van der Waals surface area contributed by atoms with Crippen molar-refractivity contribution in [1.29, 1.82) is 0 Å². The number of hydrogen-bond acceptors (Lipinski definition) is 2. The molecule has 2 heterocycles. The molecule has 1 atom stereocenters. The summed E-state index contributed by atoms with van der Waals surface area (Å²) in [7, 11) is 0. The number of amides is 2. The van der Waals surface area contributed by atoms with Crippen molar-refractivity contribution in [3.05, 3.63) is 100 Å². The lowest BCUT2D eigenvalue weighted by Gasteiger charge is -2.33. The van der Waals surface area contributed by atoms with Crippen molar-refractivity contribution >= 4 is 45.8 Å². The number of hydrogen-bond donors (Lipinski definition) is 3. The molecule has 0 saturated carbocycles. The number of carbonyl (C=O) groups excluding carboxylic acids is 1. The summed E-state index contributed by atoms with van der Waals surface area (Å²) in [5, 5.41) is 8.12. The van der Waals surface area contributed by atoms with Crippen LogP contribution in [-0.2, 0) is 0 Å². The van der Waals surface area contributed by atoms with Crippen molar-refractivity contribution < 1.29 is 4.79 Å². The summed E-state index contributed by atoms with van der Waals surface area (Å²) in [6.07, 6.45) is 5.52. The van der Waals surface area contributed by atoms with E-state index in [0.29, 0.717) is 28.2 Å². The van der Waals surface area contributed by atoms with E-state index < -0.39 is 0 Å². The van der Waals surface area contributed by atoms with Crippen LogP contribution < -0.4 is 10.6 Å². The molecule has 37 heavy (non-hydrogen) atoms. The largest absolute Gasteiger partial charge is 0.361 e. The zero-order valence-electron chi connectivity index (χ0n) is 20.7. The first-order chi connectivity index (χ1) is 18.1. The summed E-state index contributed by atoms with van der Waals surface area (Å²) < 4.78 is 0. The molecule has 1 fully saturated rings. The van der Waals surface area contributed by atoms with E-state index in [1.807, 2.05) is 6.07 Å². The molecule has 0 spiro atoms. The van der Waals surface area contributed by atoms with E-state index in [2.05, 4.69) is 75.2 Å². The molecule has 192 valence electrons. The van der Waals surface area contributed by atoms with E-state index in [1.54, 1.807) is 18.2 Å². The van der Waals surface area contributed by atoms with Crippen molar-refractivity contribution in [2.24, 2.45) is 0 Å². The number of nitrogens with one attached hydrogen (secondary N) is 3. The Kier molecular flexibility index (Phi) is 8.34. The van der Waals surface area contributed by atoms with Crippen molar-refractivity contribution in [3.8, 4) is 0 Å². The Bertz CT molecular complexity index is 1330. The molecule has 2 amide bonds. The number of urea groups is 1. The second kappa shape index (κ2) is 12.0. The number of aromatic amines is 1. The molecule has 1 aliphatic heterocycles. The highest BCUT2D eigenvalue weighted by Gasteiger charge is 2.23. The molecule has 0 bridgehead atoms. The van der Waals surface area contributed by atoms with Gasteiger partial charge < -0.3 is 20.5 Å². The zero-order chi connectivity index (χ0) is 25.6. The Balaban J connectivity index is 1.15. The number of aromatic nitrogens is 1. The Morgan fingerprint density at radius 3 is 2.51 bits per heavy atom. The van der Waals surface area contributed by atoms with E-state index in [0.717, 1.165) is 26.1 Å². The molecule has 1 aliphatic rings. The van der Waals surface area contributed by atoms with Crippen LogP contribution in [-0.4, -0.2) is 42.1 Å². The predicted molar refractivity (Wildman–Crippen MR) is 154 cm³/mol. The molecule has 0 radical (unpaired) electrons. The summed E-state index contributed by atoms with van der Waals surface area (Å²) in [6, 6.07) is 23.8. The van der Waals surface area contributed by atoms with E-state index >= 15 is 0 Å². The lowest BCUT2D eigenvalue weighted by Crippen LogP contribution is -2.36. The van der Waals surface area contributed by atoms with Crippen LogP contribution in [0.25, 0.3) is 10.9 Å². The number of benzene rings is 3. The van der Waals surface area contributed by atoms with Crippen molar-refractivity contribution in [3.63, 3.8) is 0 Å². The quantitative estimate of drug-likeness (QED) is 0.217. The molecule has 1 aromatic heterocycles. The molecule has 0 aliphatic carbocycles. The number of fused-ring (bicyclic) bond motifs is 1. The predicted octanol–water partition coefficient (Wildman–Crippen LogP) is 7.65. The van der Waals surface area contributed by atoms with Gasteiger partial charge in [-0.1, -0.05) is 71.7 Å². The van der Waals surface area contributed by atoms with Crippen LogP contribution in [0.1, 0.15) is 42.2 Å². The molecular weight excluding hydrogens is 503 g/mol. The van der Waals surface area contributed by atoms with Crippen molar-refractivity contribution in [1.82, 2.24) is 15.2 Å². The lowest BCUT2D eigenvalue weighted by molar-refractivity contribution is 0.205. The maximum atomic E-state index is 12.6. The number of H-pyrrole nitrogens is 1. The molecule has 3 aromatic carbocycles. The molecule has 7 heteroatoms. The maximum absolute atomic E-state index is 12.6. The fourth-order valence-corrected chi connectivity index (χ4v) is 5.61. The topological polar surface area (TPSA) is 60.2 Å². The first-order valence-electron chi connectivity index (χ1n) is 12.9. The number of anilines is 1. The van der Waals surface area contributed by atoms with Crippen LogP contribution in [0.4, 0.5) is 10.5 Å².